The number of halogens is 1. The quantitative estimate of drug-likeness (QED) is 0.205. The fraction of sp³-hybridized carbons (Fsp3) is 0.121. The van der Waals surface area contributed by atoms with Crippen molar-refractivity contribution in [2.24, 2.45) is 4.99 Å². The van der Waals surface area contributed by atoms with Gasteiger partial charge in [-0.15, -0.1) is 0 Å². The summed E-state index contributed by atoms with van der Waals surface area (Å²) >= 11 is 4.74. The molecule has 0 fully saturated rings. The van der Waals surface area contributed by atoms with Crippen molar-refractivity contribution in [1.29, 1.82) is 0 Å². The summed E-state index contributed by atoms with van der Waals surface area (Å²) in [6, 6.07) is 27.5. The number of carbonyl (C=O) groups is 1. The summed E-state index contributed by atoms with van der Waals surface area (Å²) in [5.74, 6) is 1.35. The lowest BCUT2D eigenvalue weighted by Crippen LogP contribution is -2.40. The molecular weight excluding hydrogens is 616 g/mol. The lowest BCUT2D eigenvalue weighted by Gasteiger charge is -2.26. The number of esters is 1. The van der Waals surface area contributed by atoms with E-state index in [2.05, 4.69) is 15.9 Å². The highest BCUT2D eigenvalue weighted by Crippen LogP contribution is 2.35. The topological polar surface area (TPSA) is 83.0 Å². The molecule has 0 amide bonds. The molecule has 210 valence electrons. The van der Waals surface area contributed by atoms with Crippen molar-refractivity contribution < 1.29 is 18.7 Å². The second kappa shape index (κ2) is 11.8. The highest BCUT2D eigenvalue weighted by molar-refractivity contribution is 9.10. The van der Waals surface area contributed by atoms with Gasteiger partial charge >= 0.3 is 5.97 Å². The van der Waals surface area contributed by atoms with Crippen LogP contribution in [0.2, 0.25) is 0 Å². The number of hydrogen-bond donors (Lipinski definition) is 0. The molecule has 1 aliphatic rings. The zero-order valence-corrected chi connectivity index (χ0v) is 25.1. The van der Waals surface area contributed by atoms with Gasteiger partial charge in [0.2, 0.25) is 0 Å². The maximum atomic E-state index is 14.1. The van der Waals surface area contributed by atoms with E-state index in [-0.39, 0.29) is 12.2 Å². The van der Waals surface area contributed by atoms with Crippen molar-refractivity contribution in [3.63, 3.8) is 0 Å². The van der Waals surface area contributed by atoms with Crippen LogP contribution in [-0.2, 0) is 9.53 Å². The summed E-state index contributed by atoms with van der Waals surface area (Å²) in [6.07, 6.45) is 1.71. The molecule has 3 heterocycles. The van der Waals surface area contributed by atoms with Crippen LogP contribution in [0.15, 0.2) is 115 Å². The number of nitrogens with zero attached hydrogens (tertiary/aromatic N) is 2. The minimum absolute atomic E-state index is 0.184. The van der Waals surface area contributed by atoms with E-state index < -0.39 is 12.0 Å². The number of rotatable bonds is 7. The van der Waals surface area contributed by atoms with E-state index in [4.69, 9.17) is 18.9 Å². The van der Waals surface area contributed by atoms with Gasteiger partial charge in [-0.3, -0.25) is 9.36 Å². The Kier molecular flexibility index (Phi) is 7.78. The van der Waals surface area contributed by atoms with Gasteiger partial charge in [-0.1, -0.05) is 81.9 Å². The Morgan fingerprint density at radius 3 is 2.50 bits per heavy atom. The van der Waals surface area contributed by atoms with Crippen molar-refractivity contribution in [3.8, 4) is 17.1 Å². The van der Waals surface area contributed by atoms with Crippen LogP contribution in [0, 0.1) is 0 Å². The van der Waals surface area contributed by atoms with Crippen LogP contribution in [0.5, 0.6) is 5.75 Å². The average molecular weight is 642 g/mol. The Labute approximate surface area is 253 Å². The Hall–Kier alpha value is -4.47. The molecule has 0 N–H and O–H groups in total. The molecule has 6 rings (SSSR count). The van der Waals surface area contributed by atoms with E-state index in [0.717, 1.165) is 21.2 Å². The van der Waals surface area contributed by atoms with Crippen LogP contribution in [-0.4, -0.2) is 24.3 Å². The van der Waals surface area contributed by atoms with Crippen LogP contribution in [0.25, 0.3) is 23.1 Å². The van der Waals surface area contributed by atoms with Gasteiger partial charge < -0.3 is 13.9 Å². The molecular formula is C33H25BrN2O5S. The zero-order chi connectivity index (χ0) is 29.2. The maximum absolute atomic E-state index is 14.1. The van der Waals surface area contributed by atoms with Crippen molar-refractivity contribution in [2.45, 2.75) is 13.0 Å². The normalized spacial score (nSPS) is 14.8. The van der Waals surface area contributed by atoms with E-state index in [0.29, 0.717) is 37.9 Å². The molecule has 42 heavy (non-hydrogen) atoms. The largest absolute Gasteiger partial charge is 0.497 e. The first-order valence-corrected chi connectivity index (χ1v) is 14.9. The van der Waals surface area contributed by atoms with E-state index in [1.165, 1.54) is 11.3 Å². The lowest BCUT2D eigenvalue weighted by molar-refractivity contribution is -0.138. The van der Waals surface area contributed by atoms with Gasteiger partial charge in [0.05, 0.1) is 35.6 Å². The van der Waals surface area contributed by atoms with E-state index >= 15 is 0 Å². The third-order valence-corrected chi connectivity index (χ3v) is 8.29. The van der Waals surface area contributed by atoms with Gasteiger partial charge in [0.1, 0.15) is 17.3 Å². The number of hydrogen-bond acceptors (Lipinski definition) is 7. The Morgan fingerprint density at radius 2 is 1.79 bits per heavy atom. The van der Waals surface area contributed by atoms with Crippen LogP contribution >= 0.6 is 27.3 Å². The SMILES string of the molecule is CCOC(=O)C1=C(c2ccccc2)N=c2s/c(=C\c3ccc(-c4cccc(Br)c4)o3)c(=O)n2C1c1ccc(OC)cc1. The fourth-order valence-electron chi connectivity index (χ4n) is 4.90. The fourth-order valence-corrected chi connectivity index (χ4v) is 6.28. The minimum atomic E-state index is -0.766. The van der Waals surface area contributed by atoms with Crippen molar-refractivity contribution in [3.05, 3.63) is 138 Å². The number of furan rings is 1. The highest BCUT2D eigenvalue weighted by Gasteiger charge is 2.35. The molecule has 1 atom stereocenters. The van der Waals surface area contributed by atoms with Gasteiger partial charge in [0.15, 0.2) is 4.80 Å². The third kappa shape index (κ3) is 5.29. The van der Waals surface area contributed by atoms with E-state index in [1.807, 2.05) is 91.0 Å². The number of fused-ring (bicyclic) bond motifs is 1. The summed E-state index contributed by atoms with van der Waals surface area (Å²) in [7, 11) is 1.59. The molecule has 0 spiro atoms. The van der Waals surface area contributed by atoms with Gasteiger partial charge in [0.25, 0.3) is 5.56 Å². The highest BCUT2D eigenvalue weighted by atomic mass is 79.9. The first-order chi connectivity index (χ1) is 20.5. The Balaban J connectivity index is 1.56. The van der Waals surface area contributed by atoms with Crippen molar-refractivity contribution in [1.82, 2.24) is 4.57 Å². The molecule has 0 radical (unpaired) electrons. The van der Waals surface area contributed by atoms with Gasteiger partial charge in [-0.05, 0) is 48.9 Å². The Morgan fingerprint density at radius 1 is 1.02 bits per heavy atom. The smallest absolute Gasteiger partial charge is 0.338 e. The molecule has 7 nitrogen and oxygen atoms in total. The molecule has 2 aromatic heterocycles. The first-order valence-electron chi connectivity index (χ1n) is 13.2. The Bertz CT molecular complexity index is 1990. The second-order valence-electron chi connectivity index (χ2n) is 9.42. The zero-order valence-electron chi connectivity index (χ0n) is 22.7. The van der Waals surface area contributed by atoms with Crippen molar-refractivity contribution >= 4 is 45.0 Å². The number of benzene rings is 3. The molecule has 3 aromatic carbocycles. The average Bonchev–Trinajstić information content (AvgIpc) is 3.61. The molecule has 0 saturated heterocycles. The van der Waals surface area contributed by atoms with Crippen LogP contribution in [0.3, 0.4) is 0 Å². The molecule has 9 heteroatoms. The second-order valence-corrected chi connectivity index (χ2v) is 11.3. The van der Waals surface area contributed by atoms with E-state index in [9.17, 15) is 9.59 Å². The number of ether oxygens (including phenoxy) is 2. The summed E-state index contributed by atoms with van der Waals surface area (Å²) in [6.45, 7) is 1.94. The number of thiazole rings is 1. The monoisotopic (exact) mass is 640 g/mol. The number of aromatic nitrogens is 1. The van der Waals surface area contributed by atoms with Crippen LogP contribution in [0.1, 0.15) is 29.9 Å². The molecule has 0 aliphatic carbocycles. The van der Waals surface area contributed by atoms with Crippen molar-refractivity contribution in [2.75, 3.05) is 13.7 Å². The molecule has 0 bridgehead atoms. The predicted molar refractivity (Wildman–Crippen MR) is 166 cm³/mol. The molecule has 1 unspecified atom stereocenters. The summed E-state index contributed by atoms with van der Waals surface area (Å²) in [5.41, 5.74) is 2.87. The van der Waals surface area contributed by atoms with Crippen LogP contribution < -0.4 is 19.6 Å². The van der Waals surface area contributed by atoms with E-state index in [1.54, 1.807) is 24.7 Å². The van der Waals surface area contributed by atoms with Crippen LogP contribution in [0.4, 0.5) is 0 Å². The van der Waals surface area contributed by atoms with Gasteiger partial charge in [-0.2, -0.15) is 0 Å². The summed E-state index contributed by atoms with van der Waals surface area (Å²) in [5, 5.41) is 0. The predicted octanol–water partition coefficient (Wildman–Crippen LogP) is 5.97. The summed E-state index contributed by atoms with van der Waals surface area (Å²) < 4.78 is 19.9. The molecule has 1 aliphatic heterocycles. The van der Waals surface area contributed by atoms with Gasteiger partial charge in [-0.25, -0.2) is 9.79 Å². The molecule has 5 aromatic rings. The standard InChI is InChI=1S/C33H25BrN2O5S/c1-3-40-32(38)28-29(20-8-5-4-6-9-20)35-33-36(30(28)21-12-14-24(39-2)15-13-21)31(37)27(42-33)19-25-16-17-26(41-25)22-10-7-11-23(34)18-22/h4-19,30H,3H2,1-2H3/b27-19-. The summed E-state index contributed by atoms with van der Waals surface area (Å²) in [4.78, 5) is 33.0. The maximum Gasteiger partial charge on any atom is 0.338 e. The number of carbonyl (C=O) groups excluding carboxylic acids is 1. The third-order valence-electron chi connectivity index (χ3n) is 6.81. The first kappa shape index (κ1) is 27.7. The molecule has 0 saturated carbocycles. The lowest BCUT2D eigenvalue weighted by atomic mass is 9.93. The van der Waals surface area contributed by atoms with Gasteiger partial charge in [0, 0.05) is 21.7 Å². The number of methoxy groups -OCH3 is 1. The minimum Gasteiger partial charge on any atom is -0.497 e.